The molecule has 0 atom stereocenters. The van der Waals surface area contributed by atoms with E-state index in [-0.39, 0.29) is 30.2 Å². The van der Waals surface area contributed by atoms with Crippen LogP contribution in [-0.2, 0) is 21.3 Å². The maximum Gasteiger partial charge on any atom is 0.410 e. The maximum absolute atomic E-state index is 15.0. The number of likely N-dealkylation sites (tertiary alicyclic amines) is 1. The van der Waals surface area contributed by atoms with Crippen molar-refractivity contribution in [3.63, 3.8) is 0 Å². The summed E-state index contributed by atoms with van der Waals surface area (Å²) in [6.45, 7) is 6.49. The van der Waals surface area contributed by atoms with Gasteiger partial charge in [0.2, 0.25) is 0 Å². The minimum absolute atomic E-state index is 0.150. The number of fused-ring (bicyclic) bond motifs is 1. The molecule has 0 bridgehead atoms. The minimum Gasteiger partial charge on any atom is -0.444 e. The molecule has 1 N–H and O–H groups in total. The number of carbonyl (C=O) groups excluding carboxylic acids is 1. The molecule has 4 rings (SSSR count). The molecule has 3 heterocycles. The molecule has 180 valence electrons. The Hall–Kier alpha value is -3.59. The summed E-state index contributed by atoms with van der Waals surface area (Å²) in [5.41, 5.74) is -0.837. The summed E-state index contributed by atoms with van der Waals surface area (Å²) in [7, 11) is -4.05. The average molecular weight is 489 g/mol. The number of anilines is 1. The summed E-state index contributed by atoms with van der Waals surface area (Å²) < 4.78 is 51.2. The Labute approximate surface area is 196 Å². The fourth-order valence-corrected chi connectivity index (χ4v) is 4.84. The van der Waals surface area contributed by atoms with E-state index in [1.807, 2.05) is 13.1 Å². The van der Waals surface area contributed by atoms with E-state index < -0.39 is 27.4 Å². The van der Waals surface area contributed by atoms with Crippen LogP contribution in [0, 0.1) is 18.4 Å². The number of hydrogen-bond acceptors (Lipinski definition) is 6. The summed E-state index contributed by atoms with van der Waals surface area (Å²) in [5, 5.41) is 14.1. The Kier molecular flexibility index (Phi) is 5.56. The highest BCUT2D eigenvalue weighted by atomic mass is 32.2. The topological polar surface area (TPSA) is 122 Å². The molecule has 1 amide bonds. The van der Waals surface area contributed by atoms with Crippen molar-refractivity contribution in [2.75, 3.05) is 17.8 Å². The second kappa shape index (κ2) is 8.02. The zero-order chi connectivity index (χ0) is 24.9. The second-order valence-electron chi connectivity index (χ2n) is 9.44. The number of carbonyl (C=O) groups is 1. The van der Waals surface area contributed by atoms with Crippen molar-refractivity contribution in [1.82, 2.24) is 19.2 Å². The number of nitrogens with one attached hydrogen (secondary N) is 1. The number of nitrogens with zero attached hydrogens (tertiary/aromatic N) is 5. The van der Waals surface area contributed by atoms with Crippen LogP contribution in [0.5, 0.6) is 0 Å². The Bertz CT molecular complexity index is 1410. The minimum atomic E-state index is -4.05. The van der Waals surface area contributed by atoms with Gasteiger partial charge >= 0.3 is 6.09 Å². The van der Waals surface area contributed by atoms with E-state index in [9.17, 15) is 18.5 Å². The zero-order valence-electron chi connectivity index (χ0n) is 19.2. The number of aryl methyl sites for hydroxylation is 1. The number of benzene rings is 1. The molecule has 12 heteroatoms. The fourth-order valence-electron chi connectivity index (χ4n) is 3.83. The van der Waals surface area contributed by atoms with Crippen LogP contribution in [0.4, 0.5) is 14.9 Å². The molecule has 1 saturated heterocycles. The van der Waals surface area contributed by atoms with E-state index in [0.29, 0.717) is 5.52 Å². The first-order chi connectivity index (χ1) is 15.8. The fraction of sp³-hybridized carbons (Fsp3) is 0.409. The van der Waals surface area contributed by atoms with Crippen LogP contribution in [0.1, 0.15) is 26.3 Å². The van der Waals surface area contributed by atoms with Gasteiger partial charge in [-0.05, 0) is 45.4 Å². The molecule has 2 aromatic heterocycles. The highest BCUT2D eigenvalue weighted by Gasteiger charge is 2.47. The van der Waals surface area contributed by atoms with Gasteiger partial charge in [0.15, 0.2) is 11.9 Å². The number of amides is 1. The molecule has 1 aliphatic heterocycles. The summed E-state index contributed by atoms with van der Waals surface area (Å²) in [5.74, 6) is 0. The number of sulfonamides is 1. The Balaban J connectivity index is 1.47. The molecule has 0 saturated carbocycles. The number of hydrogen-bond donors (Lipinski definition) is 1. The molecule has 1 aliphatic rings. The number of halogens is 1. The molecular formula is C22H25FN6O4S. The Morgan fingerprint density at radius 2 is 2.03 bits per heavy atom. The van der Waals surface area contributed by atoms with Crippen molar-refractivity contribution in [1.29, 1.82) is 5.26 Å². The highest BCUT2D eigenvalue weighted by Crippen LogP contribution is 2.31. The number of rotatable bonds is 5. The van der Waals surface area contributed by atoms with Crippen molar-refractivity contribution >= 4 is 32.7 Å². The normalized spacial score (nSPS) is 15.6. The molecular weight excluding hydrogens is 463 g/mol. The predicted molar refractivity (Wildman–Crippen MR) is 122 cm³/mol. The lowest BCUT2D eigenvalue weighted by atomic mass is 9.97. The van der Waals surface area contributed by atoms with Crippen LogP contribution < -0.4 is 4.72 Å². The summed E-state index contributed by atoms with van der Waals surface area (Å²) in [6.07, 6.45) is 5.32. The van der Waals surface area contributed by atoms with Crippen molar-refractivity contribution in [3.05, 3.63) is 42.4 Å². The SMILES string of the molecule is Cc1ccc(NS(=O)(=O)c2cnn(CC3(F)CN(C(=O)OC(C)(C)C)C3)c2)c2c1ccn2C#N. The average Bonchev–Trinajstić information content (AvgIpc) is 3.34. The first-order valence-corrected chi connectivity index (χ1v) is 12.0. The van der Waals surface area contributed by atoms with Gasteiger partial charge in [0, 0.05) is 17.8 Å². The van der Waals surface area contributed by atoms with Gasteiger partial charge in [-0.2, -0.15) is 10.4 Å². The predicted octanol–water partition coefficient (Wildman–Crippen LogP) is 3.24. The van der Waals surface area contributed by atoms with Crippen LogP contribution in [0.3, 0.4) is 0 Å². The lowest BCUT2D eigenvalue weighted by Gasteiger charge is -2.44. The van der Waals surface area contributed by atoms with E-state index in [0.717, 1.165) is 17.1 Å². The zero-order valence-corrected chi connectivity index (χ0v) is 20.1. The van der Waals surface area contributed by atoms with E-state index in [1.54, 1.807) is 45.2 Å². The monoisotopic (exact) mass is 488 g/mol. The van der Waals surface area contributed by atoms with Crippen molar-refractivity contribution in [2.24, 2.45) is 0 Å². The van der Waals surface area contributed by atoms with Gasteiger partial charge in [0.1, 0.15) is 10.5 Å². The first kappa shape index (κ1) is 23.6. The molecule has 1 aromatic carbocycles. The van der Waals surface area contributed by atoms with Gasteiger partial charge in [-0.3, -0.25) is 14.0 Å². The number of alkyl halides is 1. The lowest BCUT2D eigenvalue weighted by Crippen LogP contribution is -2.63. The van der Waals surface area contributed by atoms with E-state index >= 15 is 4.39 Å². The van der Waals surface area contributed by atoms with Crippen molar-refractivity contribution in [2.45, 2.75) is 50.4 Å². The van der Waals surface area contributed by atoms with Crippen LogP contribution in [-0.4, -0.2) is 58.1 Å². The summed E-state index contributed by atoms with van der Waals surface area (Å²) in [6, 6.07) is 5.08. The molecule has 1 fully saturated rings. The smallest absolute Gasteiger partial charge is 0.410 e. The number of ether oxygens (including phenoxy) is 1. The quantitative estimate of drug-likeness (QED) is 0.588. The first-order valence-electron chi connectivity index (χ1n) is 10.5. The maximum atomic E-state index is 15.0. The van der Waals surface area contributed by atoms with Gasteiger partial charge < -0.3 is 9.64 Å². The number of nitriles is 1. The third-order valence-electron chi connectivity index (χ3n) is 5.38. The van der Waals surface area contributed by atoms with Gasteiger partial charge in [0.25, 0.3) is 10.0 Å². The standard InChI is InChI=1S/C22H25FN6O4S/c1-15-5-6-18(19-17(15)7-8-27(19)14-24)26-34(31,32)16-9-25-29(10-16)13-22(23)11-28(12-22)20(30)33-21(2,3)4/h5-10,26H,11-13H2,1-4H3. The van der Waals surface area contributed by atoms with Gasteiger partial charge in [0.05, 0.1) is 37.0 Å². The second-order valence-corrected chi connectivity index (χ2v) is 11.1. The van der Waals surface area contributed by atoms with Gasteiger partial charge in [-0.25, -0.2) is 17.6 Å². The summed E-state index contributed by atoms with van der Waals surface area (Å²) in [4.78, 5) is 13.1. The molecule has 3 aromatic rings. The van der Waals surface area contributed by atoms with Crippen LogP contribution in [0.15, 0.2) is 41.7 Å². The van der Waals surface area contributed by atoms with Crippen LogP contribution in [0.2, 0.25) is 0 Å². The molecule has 0 spiro atoms. The third-order valence-corrected chi connectivity index (χ3v) is 6.70. The molecule has 0 radical (unpaired) electrons. The number of aromatic nitrogens is 3. The Morgan fingerprint density at radius 3 is 2.68 bits per heavy atom. The molecule has 10 nitrogen and oxygen atoms in total. The van der Waals surface area contributed by atoms with Crippen LogP contribution >= 0.6 is 0 Å². The van der Waals surface area contributed by atoms with Gasteiger partial charge in [-0.15, -0.1) is 0 Å². The van der Waals surface area contributed by atoms with E-state index in [4.69, 9.17) is 4.74 Å². The molecule has 0 aliphatic carbocycles. The third kappa shape index (κ3) is 4.56. The summed E-state index contributed by atoms with van der Waals surface area (Å²) >= 11 is 0. The van der Waals surface area contributed by atoms with Crippen LogP contribution in [0.25, 0.3) is 10.9 Å². The molecule has 34 heavy (non-hydrogen) atoms. The highest BCUT2D eigenvalue weighted by molar-refractivity contribution is 7.92. The van der Waals surface area contributed by atoms with E-state index in [2.05, 4.69) is 9.82 Å². The Morgan fingerprint density at radius 1 is 1.32 bits per heavy atom. The van der Waals surface area contributed by atoms with E-state index in [1.165, 1.54) is 20.3 Å². The van der Waals surface area contributed by atoms with Crippen molar-refractivity contribution in [3.8, 4) is 6.19 Å². The van der Waals surface area contributed by atoms with Crippen molar-refractivity contribution < 1.29 is 22.3 Å². The van der Waals surface area contributed by atoms with Gasteiger partial charge in [-0.1, -0.05) is 6.07 Å². The molecule has 0 unspecified atom stereocenters. The lowest BCUT2D eigenvalue weighted by molar-refractivity contribution is -0.0593. The largest absolute Gasteiger partial charge is 0.444 e.